The number of para-hydroxylation sites is 1. The van der Waals surface area contributed by atoms with Crippen molar-refractivity contribution >= 4 is 22.6 Å². The first kappa shape index (κ1) is 25.8. The summed E-state index contributed by atoms with van der Waals surface area (Å²) in [5.41, 5.74) is 4.76. The number of rotatable bonds is 10. The van der Waals surface area contributed by atoms with Gasteiger partial charge in [0.05, 0.1) is 12.2 Å². The number of nitrogens with zero attached hydrogens (tertiary/aromatic N) is 3. The molecule has 1 atom stereocenters. The van der Waals surface area contributed by atoms with Crippen LogP contribution in [0.4, 0.5) is 5.69 Å². The van der Waals surface area contributed by atoms with Gasteiger partial charge in [0, 0.05) is 65.8 Å². The minimum atomic E-state index is -1.24. The van der Waals surface area contributed by atoms with Crippen molar-refractivity contribution in [3.05, 3.63) is 88.9 Å². The molecule has 6 heteroatoms. The predicted molar refractivity (Wildman–Crippen MR) is 152 cm³/mol. The van der Waals surface area contributed by atoms with Crippen LogP contribution in [0.3, 0.4) is 0 Å². The maximum atomic E-state index is 13.4. The van der Waals surface area contributed by atoms with Gasteiger partial charge in [0.1, 0.15) is 11.4 Å². The number of carbonyl (C=O) groups excluding carboxylic acids is 1. The van der Waals surface area contributed by atoms with E-state index < -0.39 is 5.60 Å². The minimum absolute atomic E-state index is 0.370. The SMILES string of the molecule is CCCCCOc1cc(N(CC)CC)ccc1C1(c2c(C)n(C)c3ccccc23)OC(=O)c2cccnc21. The van der Waals surface area contributed by atoms with Crippen molar-refractivity contribution in [2.75, 3.05) is 24.6 Å². The van der Waals surface area contributed by atoms with Gasteiger partial charge >= 0.3 is 5.97 Å². The molecule has 1 aliphatic heterocycles. The van der Waals surface area contributed by atoms with Crippen LogP contribution in [-0.2, 0) is 17.4 Å². The summed E-state index contributed by atoms with van der Waals surface area (Å²) < 4.78 is 15.2. The number of cyclic esters (lactones) is 1. The summed E-state index contributed by atoms with van der Waals surface area (Å²) in [6.07, 6.45) is 4.91. The van der Waals surface area contributed by atoms with Gasteiger partial charge in [-0.2, -0.15) is 0 Å². The predicted octanol–water partition coefficient (Wildman–Crippen LogP) is 6.76. The highest BCUT2D eigenvalue weighted by Gasteiger charge is 2.53. The van der Waals surface area contributed by atoms with E-state index in [1.807, 2.05) is 12.1 Å². The molecule has 0 saturated heterocycles. The fourth-order valence-electron chi connectivity index (χ4n) is 5.79. The molecule has 0 N–H and O–H groups in total. The van der Waals surface area contributed by atoms with Crippen LogP contribution in [0.5, 0.6) is 5.75 Å². The number of aryl methyl sites for hydroxylation is 1. The first-order valence-corrected chi connectivity index (χ1v) is 13.7. The van der Waals surface area contributed by atoms with Crippen molar-refractivity contribution in [1.82, 2.24) is 9.55 Å². The Morgan fingerprint density at radius 2 is 1.82 bits per heavy atom. The normalized spacial score (nSPS) is 16.5. The zero-order chi connectivity index (χ0) is 26.9. The van der Waals surface area contributed by atoms with Crippen molar-refractivity contribution < 1.29 is 14.3 Å². The van der Waals surface area contributed by atoms with Crippen LogP contribution in [0.25, 0.3) is 10.9 Å². The molecule has 0 fully saturated rings. The van der Waals surface area contributed by atoms with E-state index in [4.69, 9.17) is 14.5 Å². The zero-order valence-electron chi connectivity index (χ0n) is 23.1. The van der Waals surface area contributed by atoms with Crippen LogP contribution in [0.15, 0.2) is 60.8 Å². The van der Waals surface area contributed by atoms with E-state index in [1.54, 1.807) is 18.3 Å². The molecule has 0 aliphatic carbocycles. The van der Waals surface area contributed by atoms with Crippen molar-refractivity contribution in [1.29, 1.82) is 0 Å². The van der Waals surface area contributed by atoms with Crippen LogP contribution in [0, 0.1) is 6.92 Å². The van der Waals surface area contributed by atoms with E-state index >= 15 is 0 Å². The summed E-state index contributed by atoms with van der Waals surface area (Å²) in [7, 11) is 2.05. The van der Waals surface area contributed by atoms with E-state index in [0.29, 0.717) is 17.9 Å². The number of carbonyl (C=O) groups is 1. The molecule has 0 bridgehead atoms. The number of anilines is 1. The van der Waals surface area contributed by atoms with Crippen LogP contribution < -0.4 is 9.64 Å². The van der Waals surface area contributed by atoms with Crippen molar-refractivity contribution in [3.63, 3.8) is 0 Å². The molecule has 198 valence electrons. The summed E-state index contributed by atoms with van der Waals surface area (Å²) in [6, 6.07) is 18.1. The number of fused-ring (bicyclic) bond motifs is 2. The smallest absolute Gasteiger partial charge is 0.341 e. The molecular formula is C32H37N3O3. The van der Waals surface area contributed by atoms with Crippen LogP contribution >= 0.6 is 0 Å². The van der Waals surface area contributed by atoms with Crippen molar-refractivity contribution in [2.45, 2.75) is 52.6 Å². The number of unbranched alkanes of at least 4 members (excludes halogenated alkanes) is 2. The molecular weight excluding hydrogens is 474 g/mol. The highest BCUT2D eigenvalue weighted by Crippen LogP contribution is 2.52. The second kappa shape index (κ2) is 10.5. The minimum Gasteiger partial charge on any atom is -0.493 e. The quantitative estimate of drug-likeness (QED) is 0.174. The van der Waals surface area contributed by atoms with E-state index in [-0.39, 0.29) is 5.97 Å². The van der Waals surface area contributed by atoms with Gasteiger partial charge in [-0.05, 0) is 57.5 Å². The number of aromatic nitrogens is 2. The average Bonchev–Trinajstić information content (AvgIpc) is 3.38. The maximum absolute atomic E-state index is 13.4. The third-order valence-electron chi connectivity index (χ3n) is 7.84. The van der Waals surface area contributed by atoms with E-state index in [1.165, 1.54) is 0 Å². The topological polar surface area (TPSA) is 56.6 Å². The summed E-state index contributed by atoms with van der Waals surface area (Å²) >= 11 is 0. The molecule has 1 unspecified atom stereocenters. The largest absolute Gasteiger partial charge is 0.493 e. The fourth-order valence-corrected chi connectivity index (χ4v) is 5.79. The van der Waals surface area contributed by atoms with Gasteiger partial charge in [-0.25, -0.2) is 4.79 Å². The number of hydrogen-bond acceptors (Lipinski definition) is 5. The number of benzene rings is 2. The first-order valence-electron chi connectivity index (χ1n) is 13.7. The molecule has 0 amide bonds. The zero-order valence-corrected chi connectivity index (χ0v) is 23.1. The van der Waals surface area contributed by atoms with Gasteiger partial charge < -0.3 is 18.9 Å². The lowest BCUT2D eigenvalue weighted by Gasteiger charge is -2.32. The van der Waals surface area contributed by atoms with Gasteiger partial charge in [-0.1, -0.05) is 38.0 Å². The molecule has 0 radical (unpaired) electrons. The Kier molecular flexibility index (Phi) is 7.15. The molecule has 38 heavy (non-hydrogen) atoms. The standard InChI is InChI=1S/C32H37N3O3/c1-6-9-12-20-37-28-21-23(35(7-2)8-3)17-18-26(28)32(30-25(31(36)38-32)15-13-19-33-30)29-22(4)34(5)27-16-11-10-14-24(27)29/h10-11,13-19,21H,6-9,12,20H2,1-5H3. The molecule has 5 rings (SSSR count). The van der Waals surface area contributed by atoms with E-state index in [0.717, 1.165) is 71.5 Å². The van der Waals surface area contributed by atoms with Gasteiger partial charge in [-0.15, -0.1) is 0 Å². The average molecular weight is 512 g/mol. The summed E-state index contributed by atoms with van der Waals surface area (Å²) in [5.74, 6) is 0.356. The number of hydrogen-bond donors (Lipinski definition) is 0. The van der Waals surface area contributed by atoms with E-state index in [2.05, 4.69) is 74.5 Å². The lowest BCUT2D eigenvalue weighted by atomic mass is 9.80. The lowest BCUT2D eigenvalue weighted by Crippen LogP contribution is -2.32. The second-order valence-corrected chi connectivity index (χ2v) is 9.92. The third-order valence-corrected chi connectivity index (χ3v) is 7.84. The number of ether oxygens (including phenoxy) is 2. The number of esters is 1. The summed E-state index contributed by atoms with van der Waals surface area (Å²) in [4.78, 5) is 20.5. The molecule has 0 saturated carbocycles. The Labute approximate surface area is 225 Å². The highest BCUT2D eigenvalue weighted by molar-refractivity contribution is 5.98. The molecule has 2 aromatic carbocycles. The van der Waals surface area contributed by atoms with Gasteiger partial charge in [-0.3, -0.25) is 4.98 Å². The highest BCUT2D eigenvalue weighted by atomic mass is 16.6. The van der Waals surface area contributed by atoms with Gasteiger partial charge in [0.15, 0.2) is 0 Å². The Morgan fingerprint density at radius 3 is 2.58 bits per heavy atom. The van der Waals surface area contributed by atoms with Gasteiger partial charge in [0.2, 0.25) is 5.60 Å². The van der Waals surface area contributed by atoms with Crippen LogP contribution in [-0.4, -0.2) is 35.2 Å². The summed E-state index contributed by atoms with van der Waals surface area (Å²) in [5, 5.41) is 1.03. The lowest BCUT2D eigenvalue weighted by molar-refractivity contribution is 0.0237. The third kappa shape index (κ3) is 4.03. The van der Waals surface area contributed by atoms with Crippen molar-refractivity contribution in [3.8, 4) is 5.75 Å². The van der Waals surface area contributed by atoms with Crippen molar-refractivity contribution in [2.24, 2.45) is 7.05 Å². The van der Waals surface area contributed by atoms with Crippen LogP contribution in [0.2, 0.25) is 0 Å². The second-order valence-electron chi connectivity index (χ2n) is 9.92. The van der Waals surface area contributed by atoms with E-state index in [9.17, 15) is 4.79 Å². The summed E-state index contributed by atoms with van der Waals surface area (Å²) in [6.45, 7) is 10.9. The molecule has 4 aromatic rings. The van der Waals surface area contributed by atoms with Crippen LogP contribution in [0.1, 0.15) is 72.9 Å². The molecule has 1 aliphatic rings. The molecule has 2 aromatic heterocycles. The monoisotopic (exact) mass is 511 g/mol. The Hall–Kier alpha value is -3.80. The maximum Gasteiger partial charge on any atom is 0.341 e. The Bertz CT molecular complexity index is 1470. The fraction of sp³-hybridized carbons (Fsp3) is 0.375. The Balaban J connectivity index is 1.82. The molecule has 0 spiro atoms. The molecule has 6 nitrogen and oxygen atoms in total. The number of pyridine rings is 1. The Morgan fingerprint density at radius 1 is 1.03 bits per heavy atom. The van der Waals surface area contributed by atoms with Gasteiger partial charge in [0.25, 0.3) is 0 Å². The first-order chi connectivity index (χ1) is 18.5. The molecule has 3 heterocycles.